The van der Waals surface area contributed by atoms with Crippen LogP contribution in [0.1, 0.15) is 22.3 Å². The predicted octanol–water partition coefficient (Wildman–Crippen LogP) is 6.93. The lowest BCUT2D eigenvalue weighted by Crippen LogP contribution is -1.98. The van der Waals surface area contributed by atoms with Gasteiger partial charge in [-0.3, -0.25) is 0 Å². The normalized spacial score (nSPS) is 11.3. The van der Waals surface area contributed by atoms with E-state index in [-0.39, 0.29) is 5.82 Å². The summed E-state index contributed by atoms with van der Waals surface area (Å²) in [5, 5.41) is 11.9. The van der Waals surface area contributed by atoms with E-state index in [1.54, 1.807) is 12.1 Å². The Morgan fingerprint density at radius 2 is 1.67 bits per heavy atom. The average Bonchev–Trinajstić information content (AvgIpc) is 2.78. The van der Waals surface area contributed by atoms with Crippen LogP contribution in [0.4, 0.5) is 4.39 Å². The van der Waals surface area contributed by atoms with Gasteiger partial charge in [0.25, 0.3) is 0 Å². The van der Waals surface area contributed by atoms with Gasteiger partial charge in [0.1, 0.15) is 18.2 Å². The molecule has 2 nitrogen and oxygen atoms in total. The first-order valence-electron chi connectivity index (χ1n) is 9.72. The first-order chi connectivity index (χ1) is 14.6. The molecule has 0 N–H and O–H groups in total. The van der Waals surface area contributed by atoms with Crippen LogP contribution in [0.5, 0.6) is 5.75 Å². The van der Waals surface area contributed by atoms with E-state index in [9.17, 15) is 9.65 Å². The molecule has 4 aromatic rings. The largest absolute Gasteiger partial charge is 0.488 e. The van der Waals surface area contributed by atoms with Crippen LogP contribution in [0.2, 0.25) is 0 Å². The Labute approximate surface area is 175 Å². The monoisotopic (exact) mass is 393 g/mol. The van der Waals surface area contributed by atoms with Gasteiger partial charge in [-0.25, -0.2) is 4.39 Å². The summed E-state index contributed by atoms with van der Waals surface area (Å²) < 4.78 is 19.3. The number of allylic oxidation sites excluding steroid dienone is 1. The van der Waals surface area contributed by atoms with Crippen LogP contribution in [0.3, 0.4) is 0 Å². The van der Waals surface area contributed by atoms with E-state index in [0.29, 0.717) is 17.9 Å². The molecule has 0 fully saturated rings. The second kappa shape index (κ2) is 8.63. The maximum atomic E-state index is 13.2. The van der Waals surface area contributed by atoms with Crippen molar-refractivity contribution in [2.45, 2.75) is 13.5 Å². The van der Waals surface area contributed by atoms with Crippen LogP contribution in [0, 0.1) is 24.1 Å². The number of ether oxygens (including phenoxy) is 1. The Balaban J connectivity index is 1.77. The summed E-state index contributed by atoms with van der Waals surface area (Å²) >= 11 is 0. The van der Waals surface area contributed by atoms with Gasteiger partial charge in [0, 0.05) is 5.56 Å². The Hall–Kier alpha value is -3.90. The standard InChI is InChI=1S/C27H20FNO/c1-19-6-10-21(11-7-19)23(17-29)16-26-25-5-3-2-4-22(25)12-15-27(26)30-18-20-8-13-24(28)14-9-20/h2-16H,18H2,1H3/b23-16-. The van der Waals surface area contributed by atoms with Crippen molar-refractivity contribution in [3.8, 4) is 11.8 Å². The van der Waals surface area contributed by atoms with Crippen molar-refractivity contribution < 1.29 is 9.13 Å². The van der Waals surface area contributed by atoms with Crippen LogP contribution >= 0.6 is 0 Å². The number of nitrogens with zero attached hydrogens (tertiary/aromatic N) is 1. The molecule has 0 atom stereocenters. The number of halogens is 1. The van der Waals surface area contributed by atoms with Gasteiger partial charge < -0.3 is 4.74 Å². The van der Waals surface area contributed by atoms with Gasteiger partial charge in [-0.2, -0.15) is 5.26 Å². The fourth-order valence-electron chi connectivity index (χ4n) is 3.35. The number of fused-ring (bicyclic) bond motifs is 1. The molecule has 0 amide bonds. The fraction of sp³-hybridized carbons (Fsp3) is 0.0741. The van der Waals surface area contributed by atoms with E-state index in [0.717, 1.165) is 33.0 Å². The summed E-state index contributed by atoms with van der Waals surface area (Å²) in [7, 11) is 0. The summed E-state index contributed by atoms with van der Waals surface area (Å²) in [4.78, 5) is 0. The lowest BCUT2D eigenvalue weighted by Gasteiger charge is -2.13. The van der Waals surface area contributed by atoms with Crippen LogP contribution < -0.4 is 4.74 Å². The second-order valence-corrected chi connectivity index (χ2v) is 7.15. The van der Waals surface area contributed by atoms with Crippen molar-refractivity contribution in [1.82, 2.24) is 0 Å². The fourth-order valence-corrected chi connectivity index (χ4v) is 3.35. The van der Waals surface area contributed by atoms with E-state index in [1.165, 1.54) is 12.1 Å². The van der Waals surface area contributed by atoms with E-state index in [1.807, 2.05) is 73.7 Å². The van der Waals surface area contributed by atoms with Crippen LogP contribution in [-0.2, 0) is 6.61 Å². The highest BCUT2D eigenvalue weighted by atomic mass is 19.1. The minimum Gasteiger partial charge on any atom is -0.488 e. The molecule has 3 heteroatoms. The molecule has 0 bridgehead atoms. The molecule has 0 heterocycles. The zero-order valence-electron chi connectivity index (χ0n) is 16.6. The number of hydrogen-bond donors (Lipinski definition) is 0. The molecular weight excluding hydrogens is 373 g/mol. The highest BCUT2D eigenvalue weighted by Gasteiger charge is 2.10. The van der Waals surface area contributed by atoms with Gasteiger partial charge in [0.15, 0.2) is 0 Å². The van der Waals surface area contributed by atoms with Gasteiger partial charge in [0.2, 0.25) is 0 Å². The molecule has 0 unspecified atom stereocenters. The molecule has 0 saturated heterocycles. The SMILES string of the molecule is Cc1ccc(/C(C#N)=C\c2c(OCc3ccc(F)cc3)ccc3ccccc23)cc1. The van der Waals surface area contributed by atoms with Crippen LogP contribution in [0.15, 0.2) is 84.9 Å². The van der Waals surface area contributed by atoms with Gasteiger partial charge in [-0.15, -0.1) is 0 Å². The quantitative estimate of drug-likeness (QED) is 0.272. The summed E-state index contributed by atoms with van der Waals surface area (Å²) in [6.07, 6.45) is 1.88. The Morgan fingerprint density at radius 1 is 0.933 bits per heavy atom. The molecule has 4 rings (SSSR count). The number of benzene rings is 4. The van der Waals surface area contributed by atoms with Crippen molar-refractivity contribution in [1.29, 1.82) is 5.26 Å². The third kappa shape index (κ3) is 4.24. The second-order valence-electron chi connectivity index (χ2n) is 7.15. The number of rotatable bonds is 5. The van der Waals surface area contributed by atoms with Crippen molar-refractivity contribution in [2.75, 3.05) is 0 Å². The lowest BCUT2D eigenvalue weighted by molar-refractivity contribution is 0.306. The minimum absolute atomic E-state index is 0.273. The minimum atomic E-state index is -0.273. The smallest absolute Gasteiger partial charge is 0.127 e. The Bertz CT molecular complexity index is 1250. The van der Waals surface area contributed by atoms with E-state index in [4.69, 9.17) is 4.74 Å². The van der Waals surface area contributed by atoms with E-state index >= 15 is 0 Å². The molecule has 146 valence electrons. The predicted molar refractivity (Wildman–Crippen MR) is 119 cm³/mol. The highest BCUT2D eigenvalue weighted by Crippen LogP contribution is 2.32. The molecule has 0 spiro atoms. The third-order valence-corrected chi connectivity index (χ3v) is 5.01. The van der Waals surface area contributed by atoms with Gasteiger partial charge in [-0.1, -0.05) is 72.3 Å². The summed E-state index contributed by atoms with van der Waals surface area (Å²) in [5.74, 6) is 0.405. The molecule has 0 aromatic heterocycles. The first kappa shape index (κ1) is 19.4. The number of nitriles is 1. The van der Waals surface area contributed by atoms with Crippen molar-refractivity contribution in [3.05, 3.63) is 113 Å². The lowest BCUT2D eigenvalue weighted by atomic mass is 9.98. The van der Waals surface area contributed by atoms with Gasteiger partial charge in [-0.05, 0) is 53.1 Å². The zero-order chi connectivity index (χ0) is 20.9. The van der Waals surface area contributed by atoms with Crippen molar-refractivity contribution in [3.63, 3.8) is 0 Å². The molecule has 30 heavy (non-hydrogen) atoms. The number of aryl methyl sites for hydroxylation is 1. The molecule has 4 aromatic carbocycles. The molecule has 0 aliphatic heterocycles. The van der Waals surface area contributed by atoms with Crippen LogP contribution in [-0.4, -0.2) is 0 Å². The first-order valence-corrected chi connectivity index (χ1v) is 9.72. The Morgan fingerprint density at radius 3 is 2.40 bits per heavy atom. The summed E-state index contributed by atoms with van der Waals surface area (Å²) in [5.41, 5.74) is 4.30. The van der Waals surface area contributed by atoms with E-state index in [2.05, 4.69) is 6.07 Å². The van der Waals surface area contributed by atoms with Gasteiger partial charge in [0.05, 0.1) is 11.6 Å². The van der Waals surface area contributed by atoms with Crippen molar-refractivity contribution >= 4 is 22.4 Å². The molecule has 0 saturated carbocycles. The third-order valence-electron chi connectivity index (χ3n) is 5.01. The molecule has 0 aliphatic carbocycles. The van der Waals surface area contributed by atoms with Gasteiger partial charge >= 0.3 is 0 Å². The Kier molecular flexibility index (Phi) is 5.59. The maximum Gasteiger partial charge on any atom is 0.127 e. The highest BCUT2D eigenvalue weighted by molar-refractivity contribution is 6.00. The average molecular weight is 393 g/mol. The van der Waals surface area contributed by atoms with Crippen molar-refractivity contribution in [2.24, 2.45) is 0 Å². The maximum absolute atomic E-state index is 13.2. The molecular formula is C27H20FNO. The topological polar surface area (TPSA) is 33.0 Å². The number of hydrogen-bond acceptors (Lipinski definition) is 2. The van der Waals surface area contributed by atoms with Crippen LogP contribution in [0.25, 0.3) is 22.4 Å². The zero-order valence-corrected chi connectivity index (χ0v) is 16.6. The summed E-state index contributed by atoms with van der Waals surface area (Å²) in [6, 6.07) is 28.4. The van der Waals surface area contributed by atoms with E-state index < -0.39 is 0 Å². The molecule has 0 aliphatic rings. The molecule has 0 radical (unpaired) electrons. The summed E-state index contributed by atoms with van der Waals surface area (Å²) in [6.45, 7) is 2.33.